The fourth-order valence-electron chi connectivity index (χ4n) is 3.56. The van der Waals surface area contributed by atoms with Gasteiger partial charge in [0, 0.05) is 23.0 Å². The van der Waals surface area contributed by atoms with Gasteiger partial charge in [0.1, 0.15) is 6.54 Å². The molecule has 2 heterocycles. The summed E-state index contributed by atoms with van der Waals surface area (Å²) in [5.74, 6) is -0.00757. The lowest BCUT2D eigenvalue weighted by molar-refractivity contribution is -0.116. The van der Waals surface area contributed by atoms with Crippen molar-refractivity contribution >= 4 is 11.6 Å². The maximum Gasteiger partial charge on any atom is 0.256 e. The Kier molecular flexibility index (Phi) is 5.98. The van der Waals surface area contributed by atoms with E-state index >= 15 is 0 Å². The van der Waals surface area contributed by atoms with Gasteiger partial charge in [0.2, 0.25) is 11.9 Å². The second-order valence-corrected chi connectivity index (χ2v) is 7.67. The lowest BCUT2D eigenvalue weighted by atomic mass is 10.1. The van der Waals surface area contributed by atoms with Gasteiger partial charge in [-0.25, -0.2) is 9.67 Å². The third-order valence-corrected chi connectivity index (χ3v) is 5.20. The molecule has 1 N–H and O–H groups in total. The minimum Gasteiger partial charge on any atom is -0.325 e. The van der Waals surface area contributed by atoms with E-state index in [-0.39, 0.29) is 18.0 Å². The molecule has 4 rings (SSSR count). The Labute approximate surface area is 186 Å². The van der Waals surface area contributed by atoms with E-state index in [9.17, 15) is 9.59 Å². The molecule has 0 aliphatic heterocycles. The summed E-state index contributed by atoms with van der Waals surface area (Å²) in [6.45, 7) is 5.66. The lowest BCUT2D eigenvalue weighted by Gasteiger charge is -2.15. The topological polar surface area (TPSA) is 81.8 Å². The number of aryl methyl sites for hydroxylation is 3. The van der Waals surface area contributed by atoms with Crippen LogP contribution in [0, 0.1) is 13.8 Å². The van der Waals surface area contributed by atoms with Gasteiger partial charge in [0.25, 0.3) is 5.56 Å². The van der Waals surface area contributed by atoms with Crippen LogP contribution in [0.2, 0.25) is 0 Å². The van der Waals surface area contributed by atoms with E-state index in [0.717, 1.165) is 23.4 Å². The molecule has 4 aromatic rings. The SMILES string of the molecule is CCc1ccc(NC(=O)Cn2c(-n3nc(C)cc3C)nc(-c3ccccc3)cc2=O)cc1. The monoisotopic (exact) mass is 427 g/mol. The quantitative estimate of drug-likeness (QED) is 0.506. The van der Waals surface area contributed by atoms with Crippen LogP contribution in [0.3, 0.4) is 0 Å². The van der Waals surface area contributed by atoms with E-state index in [1.807, 2.05) is 74.5 Å². The highest BCUT2D eigenvalue weighted by atomic mass is 16.2. The standard InChI is InChI=1S/C25H25N5O2/c1-4-19-10-12-21(13-11-19)26-23(31)16-29-24(32)15-22(20-8-6-5-7-9-20)27-25(29)30-18(3)14-17(2)28-30/h5-15H,4,16H2,1-3H3,(H,26,31). The number of aromatic nitrogens is 4. The summed E-state index contributed by atoms with van der Waals surface area (Å²) in [5.41, 5.74) is 4.52. The summed E-state index contributed by atoms with van der Waals surface area (Å²) in [5, 5.41) is 7.35. The van der Waals surface area contributed by atoms with Gasteiger partial charge in [-0.15, -0.1) is 0 Å². The number of carbonyl (C=O) groups is 1. The Morgan fingerprint density at radius 3 is 2.34 bits per heavy atom. The lowest BCUT2D eigenvalue weighted by Crippen LogP contribution is -2.31. The van der Waals surface area contributed by atoms with Crippen molar-refractivity contribution in [3.8, 4) is 17.2 Å². The summed E-state index contributed by atoms with van der Waals surface area (Å²) in [7, 11) is 0. The number of nitrogens with zero attached hydrogens (tertiary/aromatic N) is 4. The van der Waals surface area contributed by atoms with E-state index < -0.39 is 0 Å². The fraction of sp³-hybridized carbons (Fsp3) is 0.200. The first kappa shape index (κ1) is 21.2. The van der Waals surface area contributed by atoms with Crippen molar-refractivity contribution in [1.29, 1.82) is 0 Å². The first-order valence-electron chi connectivity index (χ1n) is 10.5. The number of hydrogen-bond acceptors (Lipinski definition) is 4. The molecule has 0 unspecified atom stereocenters. The van der Waals surface area contributed by atoms with Crippen LogP contribution in [0.5, 0.6) is 0 Å². The van der Waals surface area contributed by atoms with Gasteiger partial charge in [-0.1, -0.05) is 49.4 Å². The van der Waals surface area contributed by atoms with Gasteiger partial charge in [0.05, 0.1) is 11.4 Å². The van der Waals surface area contributed by atoms with Crippen molar-refractivity contribution in [3.63, 3.8) is 0 Å². The van der Waals surface area contributed by atoms with Crippen LogP contribution < -0.4 is 10.9 Å². The molecule has 2 aromatic carbocycles. The highest BCUT2D eigenvalue weighted by Gasteiger charge is 2.17. The number of hydrogen-bond donors (Lipinski definition) is 1. The van der Waals surface area contributed by atoms with Crippen molar-refractivity contribution in [2.75, 3.05) is 5.32 Å². The van der Waals surface area contributed by atoms with Crippen LogP contribution in [0.1, 0.15) is 23.9 Å². The largest absolute Gasteiger partial charge is 0.325 e. The zero-order chi connectivity index (χ0) is 22.7. The number of anilines is 1. The summed E-state index contributed by atoms with van der Waals surface area (Å²) in [6.07, 6.45) is 0.926. The third-order valence-electron chi connectivity index (χ3n) is 5.20. The second-order valence-electron chi connectivity index (χ2n) is 7.67. The summed E-state index contributed by atoms with van der Waals surface area (Å²) < 4.78 is 2.95. The highest BCUT2D eigenvalue weighted by molar-refractivity contribution is 5.90. The number of rotatable bonds is 6. The Balaban J connectivity index is 1.72. The van der Waals surface area contributed by atoms with E-state index in [0.29, 0.717) is 17.3 Å². The molecule has 2 aromatic heterocycles. The normalized spacial score (nSPS) is 10.8. The average Bonchev–Trinajstić information content (AvgIpc) is 3.13. The summed E-state index contributed by atoms with van der Waals surface area (Å²) in [6, 6.07) is 20.5. The molecule has 0 aliphatic carbocycles. The minimum absolute atomic E-state index is 0.176. The zero-order valence-electron chi connectivity index (χ0n) is 18.4. The number of amides is 1. The van der Waals surface area contributed by atoms with Crippen molar-refractivity contribution in [3.05, 3.63) is 94.0 Å². The van der Waals surface area contributed by atoms with E-state index in [4.69, 9.17) is 4.98 Å². The van der Waals surface area contributed by atoms with E-state index in [1.54, 1.807) is 4.68 Å². The van der Waals surface area contributed by atoms with Crippen molar-refractivity contribution in [2.45, 2.75) is 33.7 Å². The van der Waals surface area contributed by atoms with Crippen LogP contribution in [0.15, 0.2) is 71.5 Å². The molecule has 0 saturated heterocycles. The Morgan fingerprint density at radius 2 is 1.72 bits per heavy atom. The molecule has 0 atom stereocenters. The highest BCUT2D eigenvalue weighted by Crippen LogP contribution is 2.18. The zero-order valence-corrected chi connectivity index (χ0v) is 18.4. The van der Waals surface area contributed by atoms with Crippen LogP contribution in [0.25, 0.3) is 17.2 Å². The molecule has 7 heteroatoms. The van der Waals surface area contributed by atoms with Crippen LogP contribution in [-0.2, 0) is 17.8 Å². The maximum atomic E-state index is 13.1. The first-order valence-corrected chi connectivity index (χ1v) is 10.5. The summed E-state index contributed by atoms with van der Waals surface area (Å²) >= 11 is 0. The first-order chi connectivity index (χ1) is 15.4. The molecule has 7 nitrogen and oxygen atoms in total. The molecule has 0 spiro atoms. The van der Waals surface area contributed by atoms with Gasteiger partial charge in [0.15, 0.2) is 0 Å². The Bertz CT molecular complexity index is 1300. The molecule has 32 heavy (non-hydrogen) atoms. The van der Waals surface area contributed by atoms with E-state index in [2.05, 4.69) is 17.3 Å². The maximum absolute atomic E-state index is 13.1. The molecule has 0 aliphatic rings. The smallest absolute Gasteiger partial charge is 0.256 e. The van der Waals surface area contributed by atoms with Crippen LogP contribution in [0.4, 0.5) is 5.69 Å². The summed E-state index contributed by atoms with van der Waals surface area (Å²) in [4.78, 5) is 30.6. The van der Waals surface area contributed by atoms with Gasteiger partial charge in [-0.3, -0.25) is 14.2 Å². The van der Waals surface area contributed by atoms with Crippen molar-refractivity contribution in [2.24, 2.45) is 0 Å². The van der Waals surface area contributed by atoms with Gasteiger partial charge < -0.3 is 5.32 Å². The molecule has 0 fully saturated rings. The van der Waals surface area contributed by atoms with E-state index in [1.165, 1.54) is 16.2 Å². The van der Waals surface area contributed by atoms with Crippen LogP contribution in [-0.4, -0.2) is 25.2 Å². The van der Waals surface area contributed by atoms with Gasteiger partial charge >= 0.3 is 0 Å². The molecule has 162 valence electrons. The van der Waals surface area contributed by atoms with Crippen molar-refractivity contribution < 1.29 is 4.79 Å². The minimum atomic E-state index is -0.321. The predicted octanol–water partition coefficient (Wildman–Crippen LogP) is 3.91. The van der Waals surface area contributed by atoms with Gasteiger partial charge in [-0.05, 0) is 44.0 Å². The number of benzene rings is 2. The fourth-order valence-corrected chi connectivity index (χ4v) is 3.56. The number of nitrogens with one attached hydrogen (secondary N) is 1. The molecule has 0 radical (unpaired) electrons. The van der Waals surface area contributed by atoms with Gasteiger partial charge in [-0.2, -0.15) is 5.10 Å². The van der Waals surface area contributed by atoms with Crippen molar-refractivity contribution in [1.82, 2.24) is 19.3 Å². The molecule has 0 saturated carbocycles. The Morgan fingerprint density at radius 1 is 1.00 bits per heavy atom. The van der Waals surface area contributed by atoms with Crippen LogP contribution >= 0.6 is 0 Å². The average molecular weight is 428 g/mol. The Hall–Kier alpha value is -4.00. The molecular weight excluding hydrogens is 402 g/mol. The molecule has 1 amide bonds. The third kappa shape index (κ3) is 4.51. The molecule has 0 bridgehead atoms. The number of carbonyl (C=O) groups excluding carboxylic acids is 1. The second kappa shape index (κ2) is 9.01. The predicted molar refractivity (Wildman–Crippen MR) is 125 cm³/mol. The molecular formula is C25H25N5O2.